The van der Waals surface area contributed by atoms with E-state index in [-0.39, 0.29) is 34.5 Å². The van der Waals surface area contributed by atoms with Gasteiger partial charge in [-0.1, -0.05) is 34.1 Å². The zero-order valence-electron chi connectivity index (χ0n) is 25.1. The Morgan fingerprint density at radius 2 is 1.64 bits per heavy atom. The van der Waals surface area contributed by atoms with Crippen LogP contribution >= 0.6 is 11.8 Å². The minimum Gasteiger partial charge on any atom is -0.356 e. The summed E-state index contributed by atoms with van der Waals surface area (Å²) in [5.74, 6) is 1.02. The number of nitrogens with one attached hydrogen (secondary N) is 7. The quantitative estimate of drug-likeness (QED) is 0.137. The fraction of sp³-hybridized carbons (Fsp3) is 0.929. The Bertz CT molecular complexity index is 771. The Hall–Kier alpha value is -1.11. The van der Waals surface area contributed by atoms with Crippen molar-refractivity contribution >= 4 is 23.7 Å². The second kappa shape index (κ2) is 15.2. The standard InChI is InChI=1S/C28H56N8O2S/c1-26(2,18-27(3,4)20-36-16-14-31-12-10-30-11-13-32-15-17-36)19-33-23(37)9-7-6-8-22-24-28(29-5,21-39-22)35-25(38)34-24/h22,24,29-32H,6-21H2,1-5H3,(H,33,37)(H2,34,35,38). The van der Waals surface area contributed by atoms with E-state index < -0.39 is 0 Å². The maximum absolute atomic E-state index is 12.7. The van der Waals surface area contributed by atoms with Crippen LogP contribution in [0.25, 0.3) is 0 Å². The molecule has 0 aliphatic carbocycles. The number of fused-ring (bicyclic) bond motifs is 1. The van der Waals surface area contributed by atoms with Crippen LogP contribution < -0.4 is 37.2 Å². The average Bonchev–Trinajstić information content (AvgIpc) is 3.36. The Labute approximate surface area is 241 Å². The number of rotatable bonds is 12. The van der Waals surface area contributed by atoms with Crippen LogP contribution in [-0.2, 0) is 4.79 Å². The van der Waals surface area contributed by atoms with Crippen molar-refractivity contribution in [3.63, 3.8) is 0 Å². The van der Waals surface area contributed by atoms with Crippen LogP contribution in [0.2, 0.25) is 0 Å². The zero-order chi connectivity index (χ0) is 28.4. The molecule has 10 nitrogen and oxygen atoms in total. The number of nitrogens with zero attached hydrogens (tertiary/aromatic N) is 1. The molecule has 3 unspecified atom stereocenters. The van der Waals surface area contributed by atoms with Gasteiger partial charge < -0.3 is 36.8 Å². The molecular weight excluding hydrogens is 512 g/mol. The van der Waals surface area contributed by atoms with Crippen LogP contribution in [0.5, 0.6) is 0 Å². The largest absolute Gasteiger partial charge is 0.356 e. The third-order valence-corrected chi connectivity index (χ3v) is 9.74. The monoisotopic (exact) mass is 568 g/mol. The normalized spacial score (nSPS) is 27.7. The van der Waals surface area contributed by atoms with Crippen molar-refractivity contribution in [3.8, 4) is 0 Å². The summed E-state index contributed by atoms with van der Waals surface area (Å²) in [5.41, 5.74) is -0.157. The lowest BCUT2D eigenvalue weighted by molar-refractivity contribution is -0.121. The molecule has 3 aliphatic heterocycles. The molecule has 39 heavy (non-hydrogen) atoms. The summed E-state index contributed by atoms with van der Waals surface area (Å²) in [6.07, 6.45) is 4.49. The molecule has 3 atom stereocenters. The Balaban J connectivity index is 1.34. The molecule has 0 radical (unpaired) electrons. The van der Waals surface area contributed by atoms with Gasteiger partial charge in [0.25, 0.3) is 0 Å². The van der Waals surface area contributed by atoms with Gasteiger partial charge in [-0.25, -0.2) is 4.79 Å². The summed E-state index contributed by atoms with van der Waals surface area (Å²) in [6, 6.07) is 0.0136. The molecule has 0 aromatic heterocycles. The van der Waals surface area contributed by atoms with Crippen molar-refractivity contribution in [2.75, 3.05) is 78.2 Å². The third-order valence-electron chi connectivity index (χ3n) is 8.18. The predicted molar refractivity (Wildman–Crippen MR) is 162 cm³/mol. The molecule has 3 rings (SSSR count). The van der Waals surface area contributed by atoms with Gasteiger partial charge in [0.15, 0.2) is 0 Å². The second-order valence-electron chi connectivity index (χ2n) is 13.2. The SMILES string of the molecule is CNC12CSC(CCCCC(=O)NCC(C)(C)CC(C)(C)CN3CCNCCNCCNCC3)C1NC(=O)N2. The molecule has 0 aromatic carbocycles. The van der Waals surface area contributed by atoms with Crippen LogP contribution in [0.4, 0.5) is 4.79 Å². The van der Waals surface area contributed by atoms with E-state index in [0.29, 0.717) is 18.2 Å². The summed E-state index contributed by atoms with van der Waals surface area (Å²) >= 11 is 1.90. The van der Waals surface area contributed by atoms with Crippen molar-refractivity contribution in [3.05, 3.63) is 0 Å². The lowest BCUT2D eigenvalue weighted by Gasteiger charge is -2.39. The Kier molecular flexibility index (Phi) is 12.6. The molecule has 226 valence electrons. The topological polar surface area (TPSA) is 122 Å². The van der Waals surface area contributed by atoms with Gasteiger partial charge in [-0.15, -0.1) is 0 Å². The summed E-state index contributed by atoms with van der Waals surface area (Å²) in [4.78, 5) is 27.1. The minimum atomic E-state index is -0.335. The highest BCUT2D eigenvalue weighted by Crippen LogP contribution is 2.38. The molecule has 3 fully saturated rings. The number of hydrogen-bond donors (Lipinski definition) is 7. The van der Waals surface area contributed by atoms with E-state index in [0.717, 1.165) is 90.3 Å². The van der Waals surface area contributed by atoms with Gasteiger partial charge in [-0.3, -0.25) is 10.1 Å². The van der Waals surface area contributed by atoms with Gasteiger partial charge in [0.2, 0.25) is 5.91 Å². The average molecular weight is 569 g/mol. The number of unbranched alkanes of at least 4 members (excludes halogenated alkanes) is 1. The van der Waals surface area contributed by atoms with Crippen LogP contribution in [0.1, 0.15) is 59.8 Å². The van der Waals surface area contributed by atoms with Gasteiger partial charge >= 0.3 is 6.03 Å². The fourth-order valence-electron chi connectivity index (χ4n) is 6.54. The van der Waals surface area contributed by atoms with Gasteiger partial charge in [-0.2, -0.15) is 11.8 Å². The van der Waals surface area contributed by atoms with Gasteiger partial charge in [0.05, 0.1) is 6.04 Å². The summed E-state index contributed by atoms with van der Waals surface area (Å²) in [5, 5.41) is 23.6. The number of urea groups is 1. The van der Waals surface area contributed by atoms with Crippen LogP contribution in [0, 0.1) is 10.8 Å². The maximum Gasteiger partial charge on any atom is 0.316 e. The highest BCUT2D eigenvalue weighted by molar-refractivity contribution is 8.00. The van der Waals surface area contributed by atoms with E-state index in [1.54, 1.807) is 0 Å². The molecule has 0 spiro atoms. The Morgan fingerprint density at radius 1 is 1.00 bits per heavy atom. The minimum absolute atomic E-state index is 0.0263. The van der Waals surface area contributed by atoms with Gasteiger partial charge in [-0.05, 0) is 37.1 Å². The van der Waals surface area contributed by atoms with Crippen molar-refractivity contribution in [2.24, 2.45) is 10.8 Å². The number of likely N-dealkylation sites (N-methyl/N-ethyl adjacent to an activating group) is 1. The van der Waals surface area contributed by atoms with Crippen molar-refractivity contribution in [1.29, 1.82) is 0 Å². The first kappa shape index (κ1) is 32.4. The molecule has 0 aromatic rings. The first-order valence-electron chi connectivity index (χ1n) is 15.0. The number of amides is 3. The van der Waals surface area contributed by atoms with Crippen LogP contribution in [-0.4, -0.2) is 112 Å². The first-order chi connectivity index (χ1) is 18.5. The molecule has 3 aliphatic rings. The molecule has 3 heterocycles. The maximum atomic E-state index is 12.7. The molecule has 11 heteroatoms. The third kappa shape index (κ3) is 10.7. The van der Waals surface area contributed by atoms with Gasteiger partial charge in [0.1, 0.15) is 5.66 Å². The van der Waals surface area contributed by atoms with E-state index in [1.807, 2.05) is 18.8 Å². The van der Waals surface area contributed by atoms with E-state index in [1.165, 1.54) is 0 Å². The number of carbonyl (C=O) groups excluding carboxylic acids is 2. The number of hydrogen-bond acceptors (Lipinski definition) is 8. The van der Waals surface area contributed by atoms with Crippen LogP contribution in [0.15, 0.2) is 0 Å². The summed E-state index contributed by atoms with van der Waals surface area (Å²) in [6.45, 7) is 19.2. The van der Waals surface area contributed by atoms with E-state index in [4.69, 9.17) is 0 Å². The van der Waals surface area contributed by atoms with Crippen molar-refractivity contribution in [2.45, 2.75) is 76.8 Å². The van der Waals surface area contributed by atoms with Crippen LogP contribution in [0.3, 0.4) is 0 Å². The second-order valence-corrected chi connectivity index (χ2v) is 14.4. The molecule has 0 bridgehead atoms. The first-order valence-corrected chi connectivity index (χ1v) is 16.1. The predicted octanol–water partition coefficient (Wildman–Crippen LogP) is 0.902. The van der Waals surface area contributed by atoms with E-state index in [2.05, 4.69) is 69.8 Å². The van der Waals surface area contributed by atoms with E-state index >= 15 is 0 Å². The molecule has 3 amide bonds. The van der Waals surface area contributed by atoms with Crippen molar-refractivity contribution < 1.29 is 9.59 Å². The number of thioether (sulfide) groups is 1. The molecule has 3 saturated heterocycles. The highest BCUT2D eigenvalue weighted by atomic mass is 32.2. The van der Waals surface area contributed by atoms with E-state index in [9.17, 15) is 9.59 Å². The molecular formula is C28H56N8O2S. The number of carbonyl (C=O) groups is 2. The zero-order valence-corrected chi connectivity index (χ0v) is 26.0. The molecule has 0 saturated carbocycles. The van der Waals surface area contributed by atoms with Gasteiger partial charge in [0, 0.05) is 82.9 Å². The fourth-order valence-corrected chi connectivity index (χ4v) is 8.24. The Morgan fingerprint density at radius 3 is 2.28 bits per heavy atom. The molecule has 7 N–H and O–H groups in total. The van der Waals surface area contributed by atoms with Crippen molar-refractivity contribution in [1.82, 2.24) is 42.1 Å². The summed E-state index contributed by atoms with van der Waals surface area (Å²) in [7, 11) is 1.91. The highest BCUT2D eigenvalue weighted by Gasteiger charge is 2.53. The lowest BCUT2D eigenvalue weighted by atomic mass is 9.74. The lowest BCUT2D eigenvalue weighted by Crippen LogP contribution is -2.60. The smallest absolute Gasteiger partial charge is 0.316 e. The summed E-state index contributed by atoms with van der Waals surface area (Å²) < 4.78 is 0.